The van der Waals surface area contributed by atoms with Crippen molar-refractivity contribution in [2.24, 2.45) is 0 Å². The molecule has 0 unspecified atom stereocenters. The molecule has 1 aliphatic heterocycles. The summed E-state index contributed by atoms with van der Waals surface area (Å²) >= 11 is 0. The molecule has 2 aromatic carbocycles. The van der Waals surface area contributed by atoms with Gasteiger partial charge in [-0.25, -0.2) is 10.3 Å². The van der Waals surface area contributed by atoms with Crippen LogP contribution >= 0.6 is 0 Å². The highest BCUT2D eigenvalue weighted by molar-refractivity contribution is 5.95. The van der Waals surface area contributed by atoms with Gasteiger partial charge in [-0.2, -0.15) is 13.2 Å². The number of para-hydroxylation sites is 1. The van der Waals surface area contributed by atoms with Crippen molar-refractivity contribution in [1.29, 1.82) is 0 Å². The van der Waals surface area contributed by atoms with Crippen molar-refractivity contribution in [2.45, 2.75) is 63.0 Å². The second-order valence-electron chi connectivity index (χ2n) is 11.1. The average molecular weight is 634 g/mol. The Morgan fingerprint density at radius 2 is 1.69 bits per heavy atom. The van der Waals surface area contributed by atoms with Gasteiger partial charge in [0.25, 0.3) is 5.91 Å². The molecular weight excluding hydrogens is 599 g/mol. The molecule has 5 rings (SSSR count). The summed E-state index contributed by atoms with van der Waals surface area (Å²) < 4.78 is 49.4. The minimum absolute atomic E-state index is 0.0212. The number of hydroxylamine groups is 1. The Balaban J connectivity index is 0.000000591. The summed E-state index contributed by atoms with van der Waals surface area (Å²) in [5.41, 5.74) is 3.90. The van der Waals surface area contributed by atoms with Crippen molar-refractivity contribution in [3.05, 3.63) is 71.4 Å². The first kappa shape index (κ1) is 33.6. The van der Waals surface area contributed by atoms with Gasteiger partial charge in [0.1, 0.15) is 12.4 Å². The van der Waals surface area contributed by atoms with Crippen LogP contribution in [0.15, 0.2) is 54.6 Å². The zero-order chi connectivity index (χ0) is 32.7. The Morgan fingerprint density at radius 1 is 1.02 bits per heavy atom. The summed E-state index contributed by atoms with van der Waals surface area (Å²) in [5.74, 6) is -2.93. The lowest BCUT2D eigenvalue weighted by Gasteiger charge is -2.47. The lowest BCUT2D eigenvalue weighted by molar-refractivity contribution is -0.192. The second kappa shape index (κ2) is 14.2. The summed E-state index contributed by atoms with van der Waals surface area (Å²) in [6.45, 7) is 3.97. The Kier molecular flexibility index (Phi) is 10.6. The first-order valence-corrected chi connectivity index (χ1v) is 14.2. The quantitative estimate of drug-likeness (QED) is 0.218. The Labute approximate surface area is 256 Å². The number of hydrogen-bond donors (Lipinski definition) is 4. The highest BCUT2D eigenvalue weighted by atomic mass is 19.4. The van der Waals surface area contributed by atoms with Crippen molar-refractivity contribution in [1.82, 2.24) is 15.8 Å². The number of carboxylic acid groups (broad SMARTS) is 1. The van der Waals surface area contributed by atoms with Crippen molar-refractivity contribution in [3.63, 3.8) is 0 Å². The molecule has 1 saturated carbocycles. The van der Waals surface area contributed by atoms with E-state index in [-0.39, 0.29) is 17.9 Å². The molecular formula is C31H34F3N3O8. The highest BCUT2D eigenvalue weighted by Gasteiger charge is 2.46. The standard InChI is InChI=1S/C29H33N3O6.C2HF3O2/c1-20-16-22(24-4-2-3-5-25(24)30-20)18-37-23-8-6-21(7-9-23)27(34)31-28(17-26(33)32-35)10-12-29(13-11-28)19-36-14-15-38-29;3-2(4,5)1(6)7/h2-9,16,35H,10-15,17-19H2,1H3,(H,31,34)(H,32,33);(H,6,7). The number of carbonyl (C=O) groups is 3. The molecule has 2 fully saturated rings. The van der Waals surface area contributed by atoms with E-state index in [0.717, 1.165) is 22.2 Å². The van der Waals surface area contributed by atoms with Crippen LogP contribution in [0.2, 0.25) is 0 Å². The van der Waals surface area contributed by atoms with Gasteiger partial charge in [0.2, 0.25) is 5.91 Å². The molecule has 2 aliphatic rings. The van der Waals surface area contributed by atoms with Crippen LogP contribution in [0.5, 0.6) is 5.75 Å². The fourth-order valence-corrected chi connectivity index (χ4v) is 5.47. The number of nitrogens with one attached hydrogen (secondary N) is 2. The maximum atomic E-state index is 13.2. The molecule has 0 radical (unpaired) electrons. The number of ether oxygens (including phenoxy) is 3. The third kappa shape index (κ3) is 8.90. The molecule has 1 aliphatic carbocycles. The van der Waals surface area contributed by atoms with E-state index in [1.807, 2.05) is 37.3 Å². The molecule has 1 spiro atoms. The minimum atomic E-state index is -5.08. The van der Waals surface area contributed by atoms with Gasteiger partial charge in [0.05, 0.1) is 37.4 Å². The number of aryl methyl sites for hydroxylation is 1. The summed E-state index contributed by atoms with van der Waals surface area (Å²) in [5, 5.41) is 20.4. The fraction of sp³-hybridized carbons (Fsp3) is 0.419. The number of halogens is 3. The molecule has 3 aromatic rings. The number of alkyl halides is 3. The maximum Gasteiger partial charge on any atom is 0.490 e. The lowest BCUT2D eigenvalue weighted by atomic mass is 9.72. The number of nitrogens with zero attached hydrogens (tertiary/aromatic N) is 1. The van der Waals surface area contributed by atoms with Crippen LogP contribution in [0.25, 0.3) is 10.9 Å². The van der Waals surface area contributed by atoms with E-state index >= 15 is 0 Å². The van der Waals surface area contributed by atoms with Crippen LogP contribution in [0, 0.1) is 6.92 Å². The molecule has 0 bridgehead atoms. The zero-order valence-electron chi connectivity index (χ0n) is 24.5. The first-order valence-electron chi connectivity index (χ1n) is 14.2. The molecule has 1 saturated heterocycles. The smallest absolute Gasteiger partial charge is 0.489 e. The van der Waals surface area contributed by atoms with Crippen LogP contribution < -0.4 is 15.5 Å². The van der Waals surface area contributed by atoms with Crippen molar-refractivity contribution in [2.75, 3.05) is 19.8 Å². The number of aliphatic carboxylic acids is 1. The maximum absolute atomic E-state index is 13.2. The topological polar surface area (TPSA) is 156 Å². The van der Waals surface area contributed by atoms with Gasteiger partial charge in [0, 0.05) is 27.7 Å². The predicted octanol–water partition coefficient (Wildman–Crippen LogP) is 4.48. The van der Waals surface area contributed by atoms with E-state index in [9.17, 15) is 22.8 Å². The molecule has 242 valence electrons. The van der Waals surface area contributed by atoms with Crippen LogP contribution in [-0.4, -0.2) is 70.2 Å². The Hall–Kier alpha value is -4.27. The second-order valence-corrected chi connectivity index (χ2v) is 11.1. The van der Waals surface area contributed by atoms with Crippen molar-refractivity contribution >= 4 is 28.7 Å². The monoisotopic (exact) mass is 633 g/mol. The number of carboxylic acids is 1. The summed E-state index contributed by atoms with van der Waals surface area (Å²) in [6, 6.07) is 16.9. The SMILES string of the molecule is Cc1cc(COc2ccc(C(=O)NC3(CC(=O)NO)CCC4(CC3)COCCO4)cc2)c2ccccc2n1.O=C(O)C(F)(F)F. The number of hydrogen-bond acceptors (Lipinski definition) is 8. The van der Waals surface area contributed by atoms with E-state index in [0.29, 0.717) is 63.4 Å². The number of amides is 2. The van der Waals surface area contributed by atoms with E-state index in [1.165, 1.54) is 0 Å². The Morgan fingerprint density at radius 3 is 2.29 bits per heavy atom. The van der Waals surface area contributed by atoms with Crippen molar-refractivity contribution in [3.8, 4) is 5.75 Å². The number of aromatic nitrogens is 1. The number of benzene rings is 2. The minimum Gasteiger partial charge on any atom is -0.489 e. The molecule has 14 heteroatoms. The van der Waals surface area contributed by atoms with Gasteiger partial charge in [-0.15, -0.1) is 0 Å². The van der Waals surface area contributed by atoms with Gasteiger partial charge in [-0.1, -0.05) is 18.2 Å². The summed E-state index contributed by atoms with van der Waals surface area (Å²) in [6.07, 6.45) is -2.72. The van der Waals surface area contributed by atoms with Gasteiger partial charge in [0.15, 0.2) is 0 Å². The number of rotatable bonds is 7. The number of fused-ring (bicyclic) bond motifs is 1. The molecule has 0 atom stereocenters. The highest BCUT2D eigenvalue weighted by Crippen LogP contribution is 2.40. The van der Waals surface area contributed by atoms with E-state index in [1.54, 1.807) is 29.7 Å². The van der Waals surface area contributed by atoms with Gasteiger partial charge in [-0.3, -0.25) is 19.8 Å². The molecule has 45 heavy (non-hydrogen) atoms. The van der Waals surface area contributed by atoms with E-state index < -0.39 is 23.6 Å². The normalized spacial score (nSPS) is 21.4. The molecule has 4 N–H and O–H groups in total. The van der Waals surface area contributed by atoms with Crippen LogP contribution in [-0.2, 0) is 25.7 Å². The Bertz CT molecular complexity index is 1500. The third-order valence-corrected chi connectivity index (χ3v) is 7.80. The average Bonchev–Trinajstić information content (AvgIpc) is 3.02. The van der Waals surface area contributed by atoms with Crippen molar-refractivity contribution < 1.29 is 52.1 Å². The van der Waals surface area contributed by atoms with Gasteiger partial charge < -0.3 is 24.6 Å². The van der Waals surface area contributed by atoms with Crippen LogP contribution in [0.4, 0.5) is 13.2 Å². The lowest BCUT2D eigenvalue weighted by Crippen LogP contribution is -2.58. The van der Waals surface area contributed by atoms with Crippen LogP contribution in [0.3, 0.4) is 0 Å². The number of pyridine rings is 1. The fourth-order valence-electron chi connectivity index (χ4n) is 5.47. The summed E-state index contributed by atoms with van der Waals surface area (Å²) in [7, 11) is 0. The van der Waals surface area contributed by atoms with E-state index in [4.69, 9.17) is 29.3 Å². The third-order valence-electron chi connectivity index (χ3n) is 7.80. The molecule has 11 nitrogen and oxygen atoms in total. The number of carbonyl (C=O) groups excluding carboxylic acids is 2. The zero-order valence-corrected chi connectivity index (χ0v) is 24.5. The molecule has 2 amide bonds. The first-order chi connectivity index (χ1) is 21.3. The predicted molar refractivity (Wildman–Crippen MR) is 154 cm³/mol. The largest absolute Gasteiger partial charge is 0.490 e. The van der Waals surface area contributed by atoms with E-state index in [2.05, 4.69) is 10.3 Å². The van der Waals surface area contributed by atoms with Gasteiger partial charge in [-0.05, 0) is 69.0 Å². The van der Waals surface area contributed by atoms with Crippen LogP contribution in [0.1, 0.15) is 53.7 Å². The molecule has 2 heterocycles. The summed E-state index contributed by atoms with van der Waals surface area (Å²) in [4.78, 5) is 38.8. The van der Waals surface area contributed by atoms with Gasteiger partial charge >= 0.3 is 12.1 Å². The molecule has 1 aromatic heterocycles.